The highest BCUT2D eigenvalue weighted by atomic mass is 16.5. The van der Waals surface area contributed by atoms with Crippen LogP contribution in [0.1, 0.15) is 24.4 Å². The van der Waals surface area contributed by atoms with Crippen molar-refractivity contribution in [1.82, 2.24) is 4.90 Å². The molecule has 1 fully saturated rings. The Balaban J connectivity index is 1.81. The van der Waals surface area contributed by atoms with Crippen LogP contribution in [0.2, 0.25) is 0 Å². The first-order chi connectivity index (χ1) is 10.9. The van der Waals surface area contributed by atoms with Gasteiger partial charge in [0.25, 0.3) is 0 Å². The van der Waals surface area contributed by atoms with Gasteiger partial charge >= 0.3 is 0 Å². The molecule has 1 aliphatic rings. The zero-order valence-corrected chi connectivity index (χ0v) is 13.2. The van der Waals surface area contributed by atoms with Gasteiger partial charge in [0.15, 0.2) is 0 Å². The van der Waals surface area contributed by atoms with E-state index in [0.29, 0.717) is 0 Å². The van der Waals surface area contributed by atoms with Crippen LogP contribution in [-0.2, 0) is 0 Å². The Morgan fingerprint density at radius 1 is 1.00 bits per heavy atom. The minimum atomic E-state index is 0.274. The highest BCUT2D eigenvalue weighted by Crippen LogP contribution is 2.29. The zero-order chi connectivity index (χ0) is 15.2. The molecule has 3 rings (SSSR count). The Kier molecular flexibility index (Phi) is 4.96. The first-order valence-electron chi connectivity index (χ1n) is 8.03. The minimum absolute atomic E-state index is 0.274. The second-order valence-corrected chi connectivity index (χ2v) is 5.82. The number of anilines is 1. The predicted octanol–water partition coefficient (Wildman–Crippen LogP) is 3.94. The summed E-state index contributed by atoms with van der Waals surface area (Å²) in [6.07, 6.45) is 2.63. The number of methoxy groups -OCH3 is 1. The molecule has 0 spiro atoms. The average Bonchev–Trinajstić information content (AvgIpc) is 3.08. The summed E-state index contributed by atoms with van der Waals surface area (Å²) in [5.41, 5.74) is 2.37. The van der Waals surface area contributed by atoms with Crippen molar-refractivity contribution in [2.75, 3.05) is 32.1 Å². The monoisotopic (exact) mass is 296 g/mol. The number of hydrogen-bond acceptors (Lipinski definition) is 3. The maximum Gasteiger partial charge on any atom is 0.141 e. The van der Waals surface area contributed by atoms with Gasteiger partial charge in [0.05, 0.1) is 18.8 Å². The third-order valence-electron chi connectivity index (χ3n) is 4.28. The Bertz CT molecular complexity index is 579. The fourth-order valence-corrected chi connectivity index (χ4v) is 3.09. The molecule has 3 heteroatoms. The average molecular weight is 296 g/mol. The SMILES string of the molecule is COc1ccccc1N[C@H](CN1CCCC1)c1ccccc1. The van der Waals surface area contributed by atoms with E-state index in [-0.39, 0.29) is 6.04 Å². The van der Waals surface area contributed by atoms with Crippen molar-refractivity contribution in [3.63, 3.8) is 0 Å². The number of para-hydroxylation sites is 2. The fraction of sp³-hybridized carbons (Fsp3) is 0.368. The Labute approximate surface area is 132 Å². The second-order valence-electron chi connectivity index (χ2n) is 5.82. The predicted molar refractivity (Wildman–Crippen MR) is 91.5 cm³/mol. The van der Waals surface area contributed by atoms with Gasteiger partial charge in [-0.05, 0) is 43.6 Å². The lowest BCUT2D eigenvalue weighted by Gasteiger charge is -2.26. The lowest BCUT2D eigenvalue weighted by atomic mass is 10.1. The summed E-state index contributed by atoms with van der Waals surface area (Å²) in [5.74, 6) is 0.893. The molecule has 1 saturated heterocycles. The Hall–Kier alpha value is -2.00. The summed E-state index contributed by atoms with van der Waals surface area (Å²) in [6.45, 7) is 3.44. The van der Waals surface area contributed by atoms with Crippen molar-refractivity contribution >= 4 is 5.69 Å². The van der Waals surface area contributed by atoms with Crippen LogP contribution in [0.5, 0.6) is 5.75 Å². The summed E-state index contributed by atoms with van der Waals surface area (Å²) in [4.78, 5) is 2.54. The fourth-order valence-electron chi connectivity index (χ4n) is 3.09. The number of ether oxygens (including phenoxy) is 1. The van der Waals surface area contributed by atoms with Crippen molar-refractivity contribution in [1.29, 1.82) is 0 Å². The van der Waals surface area contributed by atoms with Crippen LogP contribution in [-0.4, -0.2) is 31.6 Å². The maximum absolute atomic E-state index is 5.48. The van der Waals surface area contributed by atoms with E-state index in [1.165, 1.54) is 31.5 Å². The van der Waals surface area contributed by atoms with E-state index < -0.39 is 0 Å². The summed E-state index contributed by atoms with van der Waals surface area (Å²) in [6, 6.07) is 19.1. The smallest absolute Gasteiger partial charge is 0.141 e. The van der Waals surface area contributed by atoms with E-state index in [9.17, 15) is 0 Å². The second kappa shape index (κ2) is 7.32. The molecular formula is C19H24N2O. The number of nitrogens with zero attached hydrogens (tertiary/aromatic N) is 1. The van der Waals surface area contributed by atoms with Crippen molar-refractivity contribution < 1.29 is 4.74 Å². The molecule has 1 atom stereocenters. The molecule has 3 nitrogen and oxygen atoms in total. The van der Waals surface area contributed by atoms with Crippen LogP contribution in [0.15, 0.2) is 54.6 Å². The van der Waals surface area contributed by atoms with Gasteiger partial charge < -0.3 is 15.0 Å². The number of likely N-dealkylation sites (tertiary alicyclic amines) is 1. The van der Waals surface area contributed by atoms with E-state index in [4.69, 9.17) is 4.74 Å². The summed E-state index contributed by atoms with van der Waals surface area (Å²) in [7, 11) is 1.72. The van der Waals surface area contributed by atoms with Gasteiger partial charge in [0, 0.05) is 6.54 Å². The highest BCUT2D eigenvalue weighted by molar-refractivity contribution is 5.57. The molecule has 22 heavy (non-hydrogen) atoms. The molecule has 116 valence electrons. The molecule has 0 saturated carbocycles. The quantitative estimate of drug-likeness (QED) is 0.873. The van der Waals surface area contributed by atoms with Crippen molar-refractivity contribution in [2.45, 2.75) is 18.9 Å². The van der Waals surface area contributed by atoms with Crippen LogP contribution in [0.4, 0.5) is 5.69 Å². The molecule has 2 aromatic carbocycles. The Morgan fingerprint density at radius 2 is 1.68 bits per heavy atom. The van der Waals surface area contributed by atoms with Gasteiger partial charge in [-0.3, -0.25) is 0 Å². The molecule has 0 aromatic heterocycles. The number of benzene rings is 2. The summed E-state index contributed by atoms with van der Waals surface area (Å²) < 4.78 is 5.48. The number of hydrogen-bond donors (Lipinski definition) is 1. The lowest BCUT2D eigenvalue weighted by molar-refractivity contribution is 0.323. The highest BCUT2D eigenvalue weighted by Gasteiger charge is 2.19. The van der Waals surface area contributed by atoms with Crippen LogP contribution in [0, 0.1) is 0 Å². The third kappa shape index (κ3) is 3.60. The third-order valence-corrected chi connectivity index (χ3v) is 4.28. The zero-order valence-electron chi connectivity index (χ0n) is 13.2. The summed E-state index contributed by atoms with van der Waals surface area (Å²) in [5, 5.41) is 3.68. The van der Waals surface area contributed by atoms with Crippen molar-refractivity contribution in [2.24, 2.45) is 0 Å². The largest absolute Gasteiger partial charge is 0.495 e. The number of nitrogens with one attached hydrogen (secondary N) is 1. The Morgan fingerprint density at radius 3 is 2.41 bits per heavy atom. The van der Waals surface area contributed by atoms with Crippen LogP contribution in [0.3, 0.4) is 0 Å². The van der Waals surface area contributed by atoms with Crippen LogP contribution in [0.25, 0.3) is 0 Å². The molecular weight excluding hydrogens is 272 g/mol. The minimum Gasteiger partial charge on any atom is -0.495 e. The molecule has 1 N–H and O–H groups in total. The van der Waals surface area contributed by atoms with Gasteiger partial charge in [-0.1, -0.05) is 42.5 Å². The molecule has 0 bridgehead atoms. The molecule has 1 aliphatic heterocycles. The van der Waals surface area contributed by atoms with Crippen LogP contribution >= 0.6 is 0 Å². The first kappa shape index (κ1) is 14.9. The standard InChI is InChI=1S/C19H24N2O/c1-22-19-12-6-5-11-17(19)20-18(15-21-13-7-8-14-21)16-9-3-2-4-10-16/h2-6,9-12,18,20H,7-8,13-15H2,1H3/t18-/m1/s1. The van der Waals surface area contributed by atoms with Gasteiger partial charge in [0.1, 0.15) is 5.75 Å². The van der Waals surface area contributed by atoms with E-state index in [2.05, 4.69) is 46.6 Å². The molecule has 0 unspecified atom stereocenters. The normalized spacial score (nSPS) is 16.4. The molecule has 1 heterocycles. The molecule has 0 aliphatic carbocycles. The van der Waals surface area contributed by atoms with E-state index in [1.807, 2.05) is 18.2 Å². The topological polar surface area (TPSA) is 24.5 Å². The first-order valence-corrected chi connectivity index (χ1v) is 8.03. The van der Waals surface area contributed by atoms with Crippen molar-refractivity contribution in [3.05, 3.63) is 60.2 Å². The van der Waals surface area contributed by atoms with Gasteiger partial charge in [0.2, 0.25) is 0 Å². The number of rotatable bonds is 6. The molecule has 0 radical (unpaired) electrons. The van der Waals surface area contributed by atoms with E-state index in [0.717, 1.165) is 18.0 Å². The van der Waals surface area contributed by atoms with E-state index >= 15 is 0 Å². The maximum atomic E-state index is 5.48. The molecule has 2 aromatic rings. The molecule has 0 amide bonds. The van der Waals surface area contributed by atoms with Gasteiger partial charge in [-0.2, -0.15) is 0 Å². The lowest BCUT2D eigenvalue weighted by Crippen LogP contribution is -2.29. The van der Waals surface area contributed by atoms with Gasteiger partial charge in [-0.15, -0.1) is 0 Å². The van der Waals surface area contributed by atoms with Gasteiger partial charge in [-0.25, -0.2) is 0 Å². The van der Waals surface area contributed by atoms with E-state index in [1.54, 1.807) is 7.11 Å². The summed E-state index contributed by atoms with van der Waals surface area (Å²) >= 11 is 0. The van der Waals surface area contributed by atoms with Crippen molar-refractivity contribution in [3.8, 4) is 5.75 Å². The van der Waals surface area contributed by atoms with Crippen LogP contribution < -0.4 is 10.1 Å².